The Bertz CT molecular complexity index is 816. The van der Waals surface area contributed by atoms with Crippen LogP contribution in [0.4, 0.5) is 15.3 Å². The highest BCUT2D eigenvalue weighted by Gasteiger charge is 2.25. The molecule has 2 aromatic carbocycles. The van der Waals surface area contributed by atoms with Crippen molar-refractivity contribution in [3.8, 4) is 0 Å². The van der Waals surface area contributed by atoms with Crippen molar-refractivity contribution in [1.82, 2.24) is 10.2 Å². The Balaban J connectivity index is 1.74. The molecule has 0 aliphatic carbocycles. The molecule has 162 valence electrons. The number of anilines is 1. The summed E-state index contributed by atoms with van der Waals surface area (Å²) in [6, 6.07) is 17.6. The van der Waals surface area contributed by atoms with Crippen LogP contribution >= 0.6 is 0 Å². The number of amides is 3. The summed E-state index contributed by atoms with van der Waals surface area (Å²) >= 11 is 0. The van der Waals surface area contributed by atoms with Crippen molar-refractivity contribution in [2.75, 3.05) is 18.4 Å². The first kappa shape index (κ1) is 23.3. The van der Waals surface area contributed by atoms with Crippen LogP contribution in [-0.2, 0) is 12.8 Å². The Morgan fingerprint density at radius 1 is 0.933 bits per heavy atom. The van der Waals surface area contributed by atoms with E-state index in [-0.39, 0.29) is 6.03 Å². The van der Waals surface area contributed by atoms with Crippen LogP contribution in [0.3, 0.4) is 0 Å². The number of benzene rings is 2. The van der Waals surface area contributed by atoms with Gasteiger partial charge in [0.2, 0.25) is 0 Å². The molecular weight excluding hydrogens is 378 g/mol. The number of aryl methyl sites for hydroxylation is 1. The Labute approximate surface area is 179 Å². The number of urea groups is 1. The quantitative estimate of drug-likeness (QED) is 0.499. The largest absolute Gasteiger partial charge is 0.465 e. The van der Waals surface area contributed by atoms with E-state index >= 15 is 0 Å². The lowest BCUT2D eigenvalue weighted by Crippen LogP contribution is -2.45. The number of carbonyl (C=O) groups excluding carboxylic acids is 1. The topological polar surface area (TPSA) is 81.7 Å². The molecule has 0 saturated carbocycles. The summed E-state index contributed by atoms with van der Waals surface area (Å²) < 4.78 is 0. The molecule has 0 aliphatic heterocycles. The highest BCUT2D eigenvalue weighted by atomic mass is 16.4. The number of rotatable bonds is 9. The second-order valence-electron chi connectivity index (χ2n) is 8.38. The van der Waals surface area contributed by atoms with Crippen LogP contribution in [0.2, 0.25) is 0 Å². The number of carbonyl (C=O) groups is 2. The van der Waals surface area contributed by atoms with Crippen molar-refractivity contribution in [2.45, 2.75) is 52.0 Å². The van der Waals surface area contributed by atoms with Gasteiger partial charge in [-0.05, 0) is 69.7 Å². The standard InChI is InChI=1S/C24H33N3O3/c1-24(2,3)27(23(29)30)17-15-20-13-9-14-21(18-20)26-22(28)25-16-8-7-12-19-10-5-4-6-11-19/h4-6,9-11,13-14,18H,7-8,12,15-17H2,1-3H3,(H,29,30)(H2,25,26,28). The normalized spacial score (nSPS) is 11.0. The zero-order valence-corrected chi connectivity index (χ0v) is 18.1. The van der Waals surface area contributed by atoms with E-state index in [1.165, 1.54) is 10.5 Å². The van der Waals surface area contributed by atoms with Gasteiger partial charge in [-0.25, -0.2) is 9.59 Å². The molecule has 0 fully saturated rings. The van der Waals surface area contributed by atoms with Crippen LogP contribution in [0.15, 0.2) is 54.6 Å². The van der Waals surface area contributed by atoms with Gasteiger partial charge in [0.15, 0.2) is 0 Å². The third-order valence-corrected chi connectivity index (χ3v) is 4.87. The third kappa shape index (κ3) is 8.15. The van der Waals surface area contributed by atoms with Crippen LogP contribution in [0.25, 0.3) is 0 Å². The number of hydrogen-bond acceptors (Lipinski definition) is 2. The summed E-state index contributed by atoms with van der Waals surface area (Å²) in [7, 11) is 0. The van der Waals surface area contributed by atoms with Gasteiger partial charge >= 0.3 is 12.1 Å². The number of unbranched alkanes of at least 4 members (excludes halogenated alkanes) is 1. The number of nitrogens with zero attached hydrogens (tertiary/aromatic N) is 1. The zero-order chi connectivity index (χ0) is 22.0. The van der Waals surface area contributed by atoms with Gasteiger partial charge in [-0.1, -0.05) is 42.5 Å². The lowest BCUT2D eigenvalue weighted by molar-refractivity contribution is 0.101. The molecule has 0 aliphatic rings. The first-order chi connectivity index (χ1) is 14.3. The van der Waals surface area contributed by atoms with Gasteiger partial charge in [0.25, 0.3) is 0 Å². The Hall–Kier alpha value is -3.02. The van der Waals surface area contributed by atoms with Crippen molar-refractivity contribution in [3.05, 3.63) is 65.7 Å². The second-order valence-corrected chi connectivity index (χ2v) is 8.38. The second kappa shape index (κ2) is 11.2. The Morgan fingerprint density at radius 2 is 1.63 bits per heavy atom. The zero-order valence-electron chi connectivity index (χ0n) is 18.1. The van der Waals surface area contributed by atoms with Gasteiger partial charge in [-0.2, -0.15) is 0 Å². The van der Waals surface area contributed by atoms with Crippen LogP contribution in [-0.4, -0.2) is 40.8 Å². The summed E-state index contributed by atoms with van der Waals surface area (Å²) in [6.45, 7) is 6.66. The SMILES string of the molecule is CC(C)(C)N(CCc1cccc(NC(=O)NCCCCc2ccccc2)c1)C(=O)O. The van der Waals surface area contributed by atoms with Crippen LogP contribution < -0.4 is 10.6 Å². The van der Waals surface area contributed by atoms with E-state index in [0.29, 0.717) is 25.2 Å². The third-order valence-electron chi connectivity index (χ3n) is 4.87. The van der Waals surface area contributed by atoms with E-state index in [0.717, 1.165) is 24.8 Å². The average Bonchev–Trinajstić information content (AvgIpc) is 2.67. The molecule has 30 heavy (non-hydrogen) atoms. The molecule has 6 nitrogen and oxygen atoms in total. The van der Waals surface area contributed by atoms with E-state index < -0.39 is 11.6 Å². The molecule has 3 N–H and O–H groups in total. The van der Waals surface area contributed by atoms with Crippen LogP contribution in [0, 0.1) is 0 Å². The van der Waals surface area contributed by atoms with Crippen molar-refractivity contribution in [3.63, 3.8) is 0 Å². The Kier molecular flexibility index (Phi) is 8.71. The van der Waals surface area contributed by atoms with Gasteiger partial charge in [0.05, 0.1) is 0 Å². The van der Waals surface area contributed by atoms with Gasteiger partial charge in [0.1, 0.15) is 0 Å². The van der Waals surface area contributed by atoms with E-state index in [1.54, 1.807) is 0 Å². The van der Waals surface area contributed by atoms with E-state index in [1.807, 2.05) is 63.2 Å². The lowest BCUT2D eigenvalue weighted by Gasteiger charge is -2.33. The van der Waals surface area contributed by atoms with Crippen molar-refractivity contribution < 1.29 is 14.7 Å². The smallest absolute Gasteiger partial charge is 0.407 e. The maximum atomic E-state index is 12.1. The van der Waals surface area contributed by atoms with Gasteiger partial charge in [-0.15, -0.1) is 0 Å². The van der Waals surface area contributed by atoms with E-state index in [9.17, 15) is 14.7 Å². The summed E-state index contributed by atoms with van der Waals surface area (Å²) in [6.07, 6.45) is 2.60. The molecule has 0 atom stereocenters. The molecule has 6 heteroatoms. The van der Waals surface area contributed by atoms with Gasteiger partial charge in [-0.3, -0.25) is 0 Å². The fourth-order valence-corrected chi connectivity index (χ4v) is 3.24. The van der Waals surface area contributed by atoms with E-state index in [4.69, 9.17) is 0 Å². The maximum Gasteiger partial charge on any atom is 0.407 e. The highest BCUT2D eigenvalue weighted by Crippen LogP contribution is 2.16. The number of nitrogens with one attached hydrogen (secondary N) is 2. The van der Waals surface area contributed by atoms with Crippen molar-refractivity contribution in [1.29, 1.82) is 0 Å². The van der Waals surface area contributed by atoms with Crippen LogP contribution in [0.5, 0.6) is 0 Å². The van der Waals surface area contributed by atoms with Crippen LogP contribution in [0.1, 0.15) is 44.7 Å². The molecule has 2 aromatic rings. The first-order valence-electron chi connectivity index (χ1n) is 10.4. The van der Waals surface area contributed by atoms with E-state index in [2.05, 4.69) is 22.8 Å². The predicted molar refractivity (Wildman–Crippen MR) is 121 cm³/mol. The average molecular weight is 412 g/mol. The molecule has 0 spiro atoms. The molecule has 0 saturated heterocycles. The predicted octanol–water partition coefficient (Wildman–Crippen LogP) is 5.15. The molecule has 0 heterocycles. The molecule has 2 rings (SSSR count). The highest BCUT2D eigenvalue weighted by molar-refractivity contribution is 5.89. The van der Waals surface area contributed by atoms with Crippen molar-refractivity contribution >= 4 is 17.8 Å². The first-order valence-corrected chi connectivity index (χ1v) is 10.4. The minimum atomic E-state index is -0.927. The Morgan fingerprint density at radius 3 is 2.30 bits per heavy atom. The summed E-state index contributed by atoms with van der Waals surface area (Å²) in [5.74, 6) is 0. The summed E-state index contributed by atoms with van der Waals surface area (Å²) in [5.41, 5.74) is 2.53. The molecule has 0 bridgehead atoms. The maximum absolute atomic E-state index is 12.1. The summed E-state index contributed by atoms with van der Waals surface area (Å²) in [5, 5.41) is 15.1. The lowest BCUT2D eigenvalue weighted by atomic mass is 10.0. The summed E-state index contributed by atoms with van der Waals surface area (Å²) in [4.78, 5) is 25.0. The molecule has 3 amide bonds. The van der Waals surface area contributed by atoms with Gasteiger partial charge in [0, 0.05) is 24.3 Å². The minimum Gasteiger partial charge on any atom is -0.465 e. The monoisotopic (exact) mass is 411 g/mol. The minimum absolute atomic E-state index is 0.228. The fourth-order valence-electron chi connectivity index (χ4n) is 3.24. The number of hydrogen-bond donors (Lipinski definition) is 3. The molecule has 0 radical (unpaired) electrons. The molecule has 0 unspecified atom stereocenters. The number of carboxylic acid groups (broad SMARTS) is 1. The molecule has 0 aromatic heterocycles. The van der Waals surface area contributed by atoms with Gasteiger partial charge < -0.3 is 20.6 Å². The molecular formula is C24H33N3O3. The fraction of sp³-hybridized carbons (Fsp3) is 0.417. The van der Waals surface area contributed by atoms with Crippen molar-refractivity contribution in [2.24, 2.45) is 0 Å².